The third-order valence-electron chi connectivity index (χ3n) is 3.65. The van der Waals surface area contributed by atoms with Gasteiger partial charge in [-0.15, -0.1) is 0 Å². The van der Waals surface area contributed by atoms with Crippen molar-refractivity contribution in [2.24, 2.45) is 0 Å². The summed E-state index contributed by atoms with van der Waals surface area (Å²) in [4.78, 5) is 26.9. The summed E-state index contributed by atoms with van der Waals surface area (Å²) in [6.07, 6.45) is 3.55. The van der Waals surface area contributed by atoms with Gasteiger partial charge in [-0.1, -0.05) is 18.2 Å². The molecular weight excluding hydrogens is 319 g/mol. The third kappa shape index (κ3) is 6.57. The zero-order valence-corrected chi connectivity index (χ0v) is 14.7. The zero-order valence-electron chi connectivity index (χ0n) is 13.9. The maximum Gasteiger partial charge on any atom is 0.223 e. The number of rotatable bonds is 6. The van der Waals surface area contributed by atoms with Crippen molar-refractivity contribution in [1.29, 1.82) is 0 Å². The molecule has 1 rings (SSSR count). The van der Waals surface area contributed by atoms with Crippen molar-refractivity contribution >= 4 is 23.3 Å². The molecule has 1 amide bonds. The largest absolute Gasteiger partial charge is 0.365 e. The lowest BCUT2D eigenvalue weighted by Crippen LogP contribution is -2.52. The number of Topliss-reactive ketones (excluding diaryl/α,β-unsaturated/α-hetero) is 1. The monoisotopic (exact) mass is 342 g/mol. The molecule has 1 atom stereocenters. The Balaban J connectivity index is 2.77. The molecule has 0 unspecified atom stereocenters. The number of piperazine rings is 1. The number of hydrogen-bond acceptors (Lipinski definition) is 3. The molecule has 1 aliphatic rings. The first kappa shape index (κ1) is 19.4. The highest BCUT2D eigenvalue weighted by atomic mass is 35.5. The van der Waals surface area contributed by atoms with Gasteiger partial charge in [0.15, 0.2) is 0 Å². The van der Waals surface area contributed by atoms with E-state index in [2.05, 4.69) is 6.58 Å². The van der Waals surface area contributed by atoms with E-state index in [4.69, 9.17) is 11.6 Å². The maximum absolute atomic E-state index is 13.3. The van der Waals surface area contributed by atoms with Crippen molar-refractivity contribution in [3.63, 3.8) is 0 Å². The van der Waals surface area contributed by atoms with Crippen LogP contribution in [0.4, 0.5) is 4.39 Å². The molecule has 6 heteroatoms. The standard InChI is InChI=1S/C17H24ClFN2O2/c1-12(18)9-16(10-13(2)19)21-8-7-20(11-14(21)3)17(23)6-5-15(4)22/h9-10,14H,1,5-8,11H2,2-4H3/b13-10+,16-9+/t14-/m0/s1. The first-order valence-corrected chi connectivity index (χ1v) is 8.02. The minimum atomic E-state index is -0.318. The summed E-state index contributed by atoms with van der Waals surface area (Å²) in [5, 5.41) is 0.324. The van der Waals surface area contributed by atoms with Crippen LogP contribution in [0.15, 0.2) is 35.3 Å². The van der Waals surface area contributed by atoms with E-state index in [0.717, 1.165) is 0 Å². The predicted octanol–water partition coefficient (Wildman–Crippen LogP) is 3.40. The molecule has 1 fully saturated rings. The Labute approximate surface area is 142 Å². The van der Waals surface area contributed by atoms with Crippen molar-refractivity contribution in [3.05, 3.63) is 35.3 Å². The lowest BCUT2D eigenvalue weighted by molar-refractivity contribution is -0.135. The fourth-order valence-electron chi connectivity index (χ4n) is 2.58. The summed E-state index contributed by atoms with van der Waals surface area (Å²) in [5.41, 5.74) is 0.647. The van der Waals surface area contributed by atoms with Gasteiger partial charge in [0.2, 0.25) is 5.91 Å². The fourth-order valence-corrected chi connectivity index (χ4v) is 2.69. The average Bonchev–Trinajstić information content (AvgIpc) is 2.42. The van der Waals surface area contributed by atoms with Crippen molar-refractivity contribution in [3.8, 4) is 0 Å². The molecule has 0 radical (unpaired) electrons. The molecule has 0 aromatic rings. The van der Waals surface area contributed by atoms with Gasteiger partial charge in [-0.2, -0.15) is 0 Å². The maximum atomic E-state index is 13.3. The number of nitrogens with zero attached hydrogens (tertiary/aromatic N) is 2. The molecule has 0 aromatic carbocycles. The second kappa shape index (κ2) is 8.87. The predicted molar refractivity (Wildman–Crippen MR) is 90.6 cm³/mol. The van der Waals surface area contributed by atoms with Gasteiger partial charge in [-0.3, -0.25) is 4.79 Å². The molecule has 23 heavy (non-hydrogen) atoms. The van der Waals surface area contributed by atoms with Crippen LogP contribution in [0, 0.1) is 0 Å². The normalized spacial score (nSPS) is 19.8. The Morgan fingerprint density at radius 2 is 1.91 bits per heavy atom. The topological polar surface area (TPSA) is 40.6 Å². The van der Waals surface area contributed by atoms with E-state index in [-0.39, 0.29) is 36.4 Å². The quantitative estimate of drug-likeness (QED) is 0.695. The summed E-state index contributed by atoms with van der Waals surface area (Å²) < 4.78 is 13.3. The molecule has 0 aliphatic carbocycles. The minimum Gasteiger partial charge on any atom is -0.365 e. The summed E-state index contributed by atoms with van der Waals surface area (Å²) in [7, 11) is 0. The second-order valence-corrected chi connectivity index (χ2v) is 6.32. The van der Waals surface area contributed by atoms with Gasteiger partial charge >= 0.3 is 0 Å². The molecule has 0 bridgehead atoms. The average molecular weight is 343 g/mol. The number of carbonyl (C=O) groups is 2. The van der Waals surface area contributed by atoms with Crippen LogP contribution >= 0.6 is 11.6 Å². The number of carbonyl (C=O) groups excluding carboxylic acids is 2. The number of allylic oxidation sites excluding steroid dienone is 4. The SMILES string of the molecule is C=C(Cl)/C=C(\C=C(/C)F)N1CCN(C(=O)CCC(C)=O)C[C@@H]1C. The molecule has 0 spiro atoms. The highest BCUT2D eigenvalue weighted by Crippen LogP contribution is 2.21. The molecule has 128 valence electrons. The summed E-state index contributed by atoms with van der Waals surface area (Å²) in [5.74, 6) is -0.322. The fraction of sp³-hybridized carbons (Fsp3) is 0.529. The molecular formula is C17H24ClFN2O2. The van der Waals surface area contributed by atoms with Crippen LogP contribution in [0.5, 0.6) is 0 Å². The first-order valence-electron chi connectivity index (χ1n) is 7.64. The molecule has 1 heterocycles. The van der Waals surface area contributed by atoms with E-state index >= 15 is 0 Å². The van der Waals surface area contributed by atoms with Gasteiger partial charge in [-0.05, 0) is 32.9 Å². The van der Waals surface area contributed by atoms with Crippen LogP contribution in [0.2, 0.25) is 0 Å². The molecule has 0 aromatic heterocycles. The third-order valence-corrected chi connectivity index (χ3v) is 3.76. The summed E-state index contributed by atoms with van der Waals surface area (Å²) in [6.45, 7) is 10.1. The Hall–Kier alpha value is -1.62. The summed E-state index contributed by atoms with van der Waals surface area (Å²) >= 11 is 5.83. The van der Waals surface area contributed by atoms with Gasteiger partial charge in [0, 0.05) is 49.2 Å². The zero-order chi connectivity index (χ0) is 17.6. The van der Waals surface area contributed by atoms with Crippen LogP contribution in [0.25, 0.3) is 0 Å². The lowest BCUT2D eigenvalue weighted by atomic mass is 10.1. The van der Waals surface area contributed by atoms with E-state index < -0.39 is 0 Å². The lowest BCUT2D eigenvalue weighted by Gasteiger charge is -2.42. The highest BCUT2D eigenvalue weighted by Gasteiger charge is 2.27. The number of amides is 1. The molecule has 1 saturated heterocycles. The highest BCUT2D eigenvalue weighted by molar-refractivity contribution is 6.30. The van der Waals surface area contributed by atoms with Gasteiger partial charge in [0.25, 0.3) is 0 Å². The Bertz CT molecular complexity index is 539. The number of halogens is 2. The van der Waals surface area contributed by atoms with E-state index in [1.807, 2.05) is 11.8 Å². The van der Waals surface area contributed by atoms with E-state index in [1.54, 1.807) is 11.0 Å². The van der Waals surface area contributed by atoms with Crippen LogP contribution in [-0.2, 0) is 9.59 Å². The molecule has 4 nitrogen and oxygen atoms in total. The van der Waals surface area contributed by atoms with E-state index in [0.29, 0.717) is 30.4 Å². The Morgan fingerprint density at radius 3 is 2.39 bits per heavy atom. The van der Waals surface area contributed by atoms with Crippen molar-refractivity contribution in [2.45, 2.75) is 39.7 Å². The van der Waals surface area contributed by atoms with Gasteiger partial charge in [0.05, 0.1) is 5.83 Å². The van der Waals surface area contributed by atoms with Crippen molar-refractivity contribution in [2.75, 3.05) is 19.6 Å². The van der Waals surface area contributed by atoms with Crippen LogP contribution in [-0.4, -0.2) is 47.2 Å². The van der Waals surface area contributed by atoms with Gasteiger partial charge in [0.1, 0.15) is 5.78 Å². The van der Waals surface area contributed by atoms with Crippen LogP contribution in [0.3, 0.4) is 0 Å². The van der Waals surface area contributed by atoms with Gasteiger partial charge < -0.3 is 14.6 Å². The van der Waals surface area contributed by atoms with Gasteiger partial charge in [-0.25, -0.2) is 4.39 Å². The van der Waals surface area contributed by atoms with Crippen LogP contribution in [0.1, 0.15) is 33.6 Å². The van der Waals surface area contributed by atoms with Crippen molar-refractivity contribution in [1.82, 2.24) is 9.80 Å². The number of ketones is 1. The molecule has 0 N–H and O–H groups in total. The van der Waals surface area contributed by atoms with E-state index in [9.17, 15) is 14.0 Å². The van der Waals surface area contributed by atoms with E-state index in [1.165, 1.54) is 19.9 Å². The van der Waals surface area contributed by atoms with Crippen molar-refractivity contribution < 1.29 is 14.0 Å². The molecule has 0 saturated carbocycles. The minimum absolute atomic E-state index is 0.0134. The summed E-state index contributed by atoms with van der Waals surface area (Å²) in [6, 6.07) is 0.0166. The van der Waals surface area contributed by atoms with Crippen LogP contribution < -0.4 is 0 Å². The Kier molecular flexibility index (Phi) is 7.49. The Morgan fingerprint density at radius 1 is 1.26 bits per heavy atom. The molecule has 1 aliphatic heterocycles. The second-order valence-electron chi connectivity index (χ2n) is 5.83. The number of hydrogen-bond donors (Lipinski definition) is 0. The smallest absolute Gasteiger partial charge is 0.223 e. The first-order chi connectivity index (χ1) is 10.7.